The molecule has 0 amide bonds. The number of thiol groups is 1. The van der Waals surface area contributed by atoms with Gasteiger partial charge in [-0.05, 0) is 37.4 Å². The van der Waals surface area contributed by atoms with Crippen LogP contribution in [0, 0.1) is 11.3 Å². The highest BCUT2D eigenvalue weighted by Gasteiger charge is 2.42. The molecule has 0 aromatic heterocycles. The van der Waals surface area contributed by atoms with Gasteiger partial charge in [0.2, 0.25) is 0 Å². The van der Waals surface area contributed by atoms with E-state index in [-0.39, 0.29) is 0 Å². The Labute approximate surface area is 99.4 Å². The third-order valence-electron chi connectivity index (χ3n) is 4.26. The van der Waals surface area contributed by atoms with E-state index in [1.807, 2.05) is 0 Å². The van der Waals surface area contributed by atoms with E-state index in [2.05, 4.69) is 19.6 Å². The Hall–Kier alpha value is 0.310. The van der Waals surface area contributed by atoms with Gasteiger partial charge >= 0.3 is 0 Å². The van der Waals surface area contributed by atoms with Crippen LogP contribution >= 0.6 is 12.6 Å². The van der Waals surface area contributed by atoms with Gasteiger partial charge < -0.3 is 4.74 Å². The van der Waals surface area contributed by atoms with Crippen LogP contribution < -0.4 is 0 Å². The van der Waals surface area contributed by atoms with Gasteiger partial charge in [0, 0.05) is 5.41 Å². The number of hydrogen-bond acceptors (Lipinski definition) is 2. The molecule has 2 fully saturated rings. The van der Waals surface area contributed by atoms with Gasteiger partial charge in [-0.1, -0.05) is 26.2 Å². The zero-order valence-corrected chi connectivity index (χ0v) is 10.8. The summed E-state index contributed by atoms with van der Waals surface area (Å²) in [5.41, 5.74) is 0.471. The van der Waals surface area contributed by atoms with Crippen LogP contribution in [0.4, 0.5) is 0 Å². The number of rotatable bonds is 5. The molecule has 0 radical (unpaired) electrons. The van der Waals surface area contributed by atoms with Crippen LogP contribution in [0.5, 0.6) is 0 Å². The van der Waals surface area contributed by atoms with Crippen molar-refractivity contribution in [3.8, 4) is 0 Å². The maximum Gasteiger partial charge on any atom is 0.0603 e. The fourth-order valence-electron chi connectivity index (χ4n) is 2.67. The molecule has 1 nitrogen and oxygen atoms in total. The molecule has 2 atom stereocenters. The Kier molecular flexibility index (Phi) is 4.00. The molecule has 0 heterocycles. The number of ether oxygens (including phenoxy) is 1. The summed E-state index contributed by atoms with van der Waals surface area (Å²) >= 11 is 4.43. The van der Waals surface area contributed by atoms with Crippen LogP contribution in [0.1, 0.15) is 51.9 Å². The summed E-state index contributed by atoms with van der Waals surface area (Å²) in [5.74, 6) is 1.84. The van der Waals surface area contributed by atoms with Gasteiger partial charge in [0.1, 0.15) is 0 Å². The van der Waals surface area contributed by atoms with E-state index in [4.69, 9.17) is 4.74 Å². The first-order valence-corrected chi connectivity index (χ1v) is 7.15. The van der Waals surface area contributed by atoms with Crippen LogP contribution in [0.15, 0.2) is 0 Å². The lowest BCUT2D eigenvalue weighted by Crippen LogP contribution is -2.30. The fourth-order valence-corrected chi connectivity index (χ4v) is 3.08. The van der Waals surface area contributed by atoms with Crippen molar-refractivity contribution in [2.45, 2.75) is 58.0 Å². The molecule has 0 saturated heterocycles. The first-order valence-electron chi connectivity index (χ1n) is 6.52. The van der Waals surface area contributed by atoms with Gasteiger partial charge in [-0.25, -0.2) is 0 Å². The molecule has 0 N–H and O–H groups in total. The summed E-state index contributed by atoms with van der Waals surface area (Å²) in [6, 6.07) is 0. The molecule has 2 heteroatoms. The van der Waals surface area contributed by atoms with E-state index in [1.165, 1.54) is 44.9 Å². The topological polar surface area (TPSA) is 9.23 Å². The zero-order chi connectivity index (χ0) is 10.7. The van der Waals surface area contributed by atoms with E-state index in [1.54, 1.807) is 0 Å². The minimum absolute atomic E-state index is 0.471. The zero-order valence-electron chi connectivity index (χ0n) is 9.87. The van der Waals surface area contributed by atoms with Crippen molar-refractivity contribution >= 4 is 12.6 Å². The normalized spacial score (nSPS) is 34.0. The molecular weight excluding hydrogens is 204 g/mol. The first kappa shape index (κ1) is 11.8. The highest BCUT2D eigenvalue weighted by Crippen LogP contribution is 2.47. The summed E-state index contributed by atoms with van der Waals surface area (Å²) in [6.07, 6.45) is 9.97. The van der Waals surface area contributed by atoms with Gasteiger partial charge in [-0.15, -0.1) is 0 Å². The third kappa shape index (κ3) is 2.91. The predicted molar refractivity (Wildman–Crippen MR) is 67.5 cm³/mol. The minimum Gasteiger partial charge on any atom is -0.377 e. The molecule has 0 aromatic rings. The van der Waals surface area contributed by atoms with Crippen LogP contribution in [-0.2, 0) is 4.74 Å². The summed E-state index contributed by atoms with van der Waals surface area (Å²) < 4.78 is 6.16. The van der Waals surface area contributed by atoms with E-state index in [0.717, 1.165) is 18.3 Å². The smallest absolute Gasteiger partial charge is 0.0603 e. The molecule has 2 aliphatic rings. The molecule has 2 unspecified atom stereocenters. The molecule has 88 valence electrons. The highest BCUT2D eigenvalue weighted by molar-refractivity contribution is 7.80. The second kappa shape index (κ2) is 5.09. The van der Waals surface area contributed by atoms with Crippen LogP contribution in [0.3, 0.4) is 0 Å². The average molecular weight is 228 g/mol. The van der Waals surface area contributed by atoms with Gasteiger partial charge in [0.15, 0.2) is 0 Å². The number of hydrogen-bond donors (Lipinski definition) is 1. The standard InChI is InChI=1S/C13H24OS/c1-2-11-5-3-4-6-12(11)14-9-13(10-15)7-8-13/h11-12,15H,2-10H2,1H3. The Bertz CT molecular complexity index is 201. The Balaban J connectivity index is 1.77. The lowest BCUT2D eigenvalue weighted by Gasteiger charge is -2.32. The SMILES string of the molecule is CCC1CCCCC1OCC1(CS)CC1. The van der Waals surface area contributed by atoms with Crippen molar-refractivity contribution < 1.29 is 4.74 Å². The Morgan fingerprint density at radius 1 is 1.27 bits per heavy atom. The maximum absolute atomic E-state index is 6.16. The molecule has 0 aliphatic heterocycles. The van der Waals surface area contributed by atoms with Crippen LogP contribution in [0.2, 0.25) is 0 Å². The molecule has 15 heavy (non-hydrogen) atoms. The molecule has 0 aromatic carbocycles. The van der Waals surface area contributed by atoms with Crippen molar-refractivity contribution in [2.75, 3.05) is 12.4 Å². The van der Waals surface area contributed by atoms with Crippen molar-refractivity contribution in [3.05, 3.63) is 0 Å². The second-order valence-electron chi connectivity index (χ2n) is 5.46. The van der Waals surface area contributed by atoms with E-state index < -0.39 is 0 Å². The van der Waals surface area contributed by atoms with Crippen molar-refractivity contribution in [1.82, 2.24) is 0 Å². The first-order chi connectivity index (χ1) is 7.29. The van der Waals surface area contributed by atoms with Gasteiger partial charge in [-0.3, -0.25) is 0 Å². The summed E-state index contributed by atoms with van der Waals surface area (Å²) in [7, 11) is 0. The van der Waals surface area contributed by atoms with E-state index >= 15 is 0 Å². The van der Waals surface area contributed by atoms with E-state index in [0.29, 0.717) is 11.5 Å². The molecule has 2 aliphatic carbocycles. The molecular formula is C13H24OS. The quantitative estimate of drug-likeness (QED) is 0.706. The van der Waals surface area contributed by atoms with Crippen LogP contribution in [-0.4, -0.2) is 18.5 Å². The molecule has 0 bridgehead atoms. The van der Waals surface area contributed by atoms with Crippen molar-refractivity contribution in [2.24, 2.45) is 11.3 Å². The second-order valence-corrected chi connectivity index (χ2v) is 5.78. The minimum atomic E-state index is 0.471. The Morgan fingerprint density at radius 3 is 2.60 bits per heavy atom. The summed E-state index contributed by atoms with van der Waals surface area (Å²) in [6.45, 7) is 3.27. The maximum atomic E-state index is 6.16. The average Bonchev–Trinajstić information content (AvgIpc) is 3.07. The summed E-state index contributed by atoms with van der Waals surface area (Å²) in [5, 5.41) is 0. The van der Waals surface area contributed by atoms with E-state index in [9.17, 15) is 0 Å². The van der Waals surface area contributed by atoms with Gasteiger partial charge in [0.05, 0.1) is 12.7 Å². The lowest BCUT2D eigenvalue weighted by molar-refractivity contribution is -0.0293. The summed E-state index contributed by atoms with van der Waals surface area (Å²) in [4.78, 5) is 0. The predicted octanol–water partition coefficient (Wildman–Crippen LogP) is 3.68. The van der Waals surface area contributed by atoms with Gasteiger partial charge in [0.25, 0.3) is 0 Å². The van der Waals surface area contributed by atoms with Crippen molar-refractivity contribution in [1.29, 1.82) is 0 Å². The van der Waals surface area contributed by atoms with Crippen LogP contribution in [0.25, 0.3) is 0 Å². The largest absolute Gasteiger partial charge is 0.377 e. The molecule has 2 saturated carbocycles. The monoisotopic (exact) mass is 228 g/mol. The highest BCUT2D eigenvalue weighted by atomic mass is 32.1. The van der Waals surface area contributed by atoms with Gasteiger partial charge in [-0.2, -0.15) is 12.6 Å². The lowest BCUT2D eigenvalue weighted by atomic mass is 9.84. The molecule has 2 rings (SSSR count). The molecule has 0 spiro atoms. The third-order valence-corrected chi connectivity index (χ3v) is 4.93. The fraction of sp³-hybridized carbons (Fsp3) is 1.00. The van der Waals surface area contributed by atoms with Crippen molar-refractivity contribution in [3.63, 3.8) is 0 Å². The Morgan fingerprint density at radius 2 is 2.00 bits per heavy atom.